The van der Waals surface area contributed by atoms with Gasteiger partial charge < -0.3 is 0 Å². The highest BCUT2D eigenvalue weighted by molar-refractivity contribution is 5.73. The molecule has 2 aromatic carbocycles. The van der Waals surface area contributed by atoms with E-state index in [2.05, 4.69) is 87.6 Å². The van der Waals surface area contributed by atoms with E-state index in [1.54, 1.807) is 0 Å². The van der Waals surface area contributed by atoms with Gasteiger partial charge in [0.05, 0.1) is 5.69 Å². The SMILES string of the molecule is CCc1cc(-c2ccccc2C2(C)CC2C)ncc1-c1ccccc1. The summed E-state index contributed by atoms with van der Waals surface area (Å²) in [5, 5.41) is 0. The highest BCUT2D eigenvalue weighted by Gasteiger charge is 2.48. The van der Waals surface area contributed by atoms with Crippen LogP contribution in [0.5, 0.6) is 0 Å². The summed E-state index contributed by atoms with van der Waals surface area (Å²) in [6.45, 7) is 6.96. The number of hydrogen-bond donors (Lipinski definition) is 0. The molecule has 0 amide bonds. The average Bonchev–Trinajstić information content (AvgIpc) is 3.29. The monoisotopic (exact) mass is 327 g/mol. The topological polar surface area (TPSA) is 12.9 Å². The quantitative estimate of drug-likeness (QED) is 0.550. The zero-order valence-corrected chi connectivity index (χ0v) is 15.3. The molecule has 0 aliphatic heterocycles. The molecule has 0 spiro atoms. The molecule has 3 aromatic rings. The Balaban J connectivity index is 1.81. The van der Waals surface area contributed by atoms with Crippen molar-refractivity contribution < 1.29 is 0 Å². The summed E-state index contributed by atoms with van der Waals surface area (Å²) in [6.07, 6.45) is 4.33. The average molecular weight is 327 g/mol. The van der Waals surface area contributed by atoms with Crippen molar-refractivity contribution in [2.45, 2.75) is 39.0 Å². The van der Waals surface area contributed by atoms with Crippen LogP contribution >= 0.6 is 0 Å². The number of rotatable bonds is 4. The van der Waals surface area contributed by atoms with Gasteiger partial charge in [-0.2, -0.15) is 0 Å². The van der Waals surface area contributed by atoms with Crippen LogP contribution in [0.2, 0.25) is 0 Å². The lowest BCUT2D eigenvalue weighted by Crippen LogP contribution is -2.06. The van der Waals surface area contributed by atoms with Crippen molar-refractivity contribution in [3.63, 3.8) is 0 Å². The third kappa shape index (κ3) is 2.78. The number of benzene rings is 2. The fourth-order valence-electron chi connectivity index (χ4n) is 3.97. The molecule has 1 heterocycles. The van der Waals surface area contributed by atoms with Gasteiger partial charge >= 0.3 is 0 Å². The maximum absolute atomic E-state index is 4.86. The lowest BCUT2D eigenvalue weighted by molar-refractivity contribution is 0.703. The molecule has 1 fully saturated rings. The molecule has 1 nitrogen and oxygen atoms in total. The normalized spacial score (nSPS) is 22.0. The molecule has 25 heavy (non-hydrogen) atoms. The number of hydrogen-bond acceptors (Lipinski definition) is 1. The summed E-state index contributed by atoms with van der Waals surface area (Å²) in [5.74, 6) is 0.753. The lowest BCUT2D eigenvalue weighted by Gasteiger charge is -2.17. The van der Waals surface area contributed by atoms with Crippen LogP contribution in [0.4, 0.5) is 0 Å². The minimum Gasteiger partial charge on any atom is -0.256 e. The summed E-state index contributed by atoms with van der Waals surface area (Å²) in [6, 6.07) is 21.7. The molecule has 1 saturated carbocycles. The molecule has 0 radical (unpaired) electrons. The standard InChI is InChI=1S/C24H25N/c1-4-18-14-23(25-16-21(18)19-10-6-5-7-11-19)20-12-8-9-13-22(20)24(3)15-17(24)2/h5-14,16-17H,4,15H2,1-3H3. The van der Waals surface area contributed by atoms with Crippen LogP contribution in [0.25, 0.3) is 22.4 Å². The van der Waals surface area contributed by atoms with E-state index in [-0.39, 0.29) is 0 Å². The summed E-state index contributed by atoms with van der Waals surface area (Å²) < 4.78 is 0. The van der Waals surface area contributed by atoms with Gasteiger partial charge in [-0.3, -0.25) is 4.98 Å². The molecular formula is C24H25N. The van der Waals surface area contributed by atoms with Crippen molar-refractivity contribution in [3.05, 3.63) is 78.0 Å². The Morgan fingerprint density at radius 2 is 1.68 bits per heavy atom. The van der Waals surface area contributed by atoms with Gasteiger partial charge in [-0.15, -0.1) is 0 Å². The van der Waals surface area contributed by atoms with Gasteiger partial charge in [0.2, 0.25) is 0 Å². The maximum atomic E-state index is 4.86. The summed E-state index contributed by atoms with van der Waals surface area (Å²) in [7, 11) is 0. The number of aryl methyl sites for hydroxylation is 1. The van der Waals surface area contributed by atoms with E-state index >= 15 is 0 Å². The first-order chi connectivity index (χ1) is 12.1. The van der Waals surface area contributed by atoms with Crippen LogP contribution < -0.4 is 0 Å². The van der Waals surface area contributed by atoms with Crippen molar-refractivity contribution in [2.75, 3.05) is 0 Å². The molecule has 1 aliphatic carbocycles. The maximum Gasteiger partial charge on any atom is 0.0708 e. The minimum absolute atomic E-state index is 0.308. The van der Waals surface area contributed by atoms with Gasteiger partial charge in [-0.25, -0.2) is 0 Å². The zero-order chi connectivity index (χ0) is 17.4. The van der Waals surface area contributed by atoms with Crippen molar-refractivity contribution in [3.8, 4) is 22.4 Å². The van der Waals surface area contributed by atoms with E-state index in [0.717, 1.165) is 18.0 Å². The molecule has 1 aliphatic rings. The Hall–Kier alpha value is -2.41. The second-order valence-corrected chi connectivity index (χ2v) is 7.51. The second kappa shape index (κ2) is 6.15. The molecule has 0 N–H and O–H groups in total. The molecule has 2 unspecified atom stereocenters. The van der Waals surface area contributed by atoms with Crippen LogP contribution in [-0.4, -0.2) is 4.98 Å². The Kier molecular flexibility index (Phi) is 3.95. The van der Waals surface area contributed by atoms with Gasteiger partial charge in [0, 0.05) is 17.3 Å². The molecule has 2 atom stereocenters. The van der Waals surface area contributed by atoms with Crippen LogP contribution in [0.1, 0.15) is 38.3 Å². The smallest absolute Gasteiger partial charge is 0.0708 e. The predicted molar refractivity (Wildman–Crippen MR) is 106 cm³/mol. The van der Waals surface area contributed by atoms with Gasteiger partial charge in [0.1, 0.15) is 0 Å². The molecule has 0 saturated heterocycles. The van der Waals surface area contributed by atoms with Crippen molar-refractivity contribution in [2.24, 2.45) is 5.92 Å². The lowest BCUT2D eigenvalue weighted by atomic mass is 9.88. The van der Waals surface area contributed by atoms with Gasteiger partial charge in [0.15, 0.2) is 0 Å². The van der Waals surface area contributed by atoms with Crippen LogP contribution in [0, 0.1) is 5.92 Å². The van der Waals surface area contributed by atoms with E-state index in [1.165, 1.54) is 34.2 Å². The Morgan fingerprint density at radius 1 is 1.00 bits per heavy atom. The van der Waals surface area contributed by atoms with Gasteiger partial charge in [0.25, 0.3) is 0 Å². The highest BCUT2D eigenvalue weighted by Crippen LogP contribution is 2.55. The fourth-order valence-corrected chi connectivity index (χ4v) is 3.97. The summed E-state index contributed by atoms with van der Waals surface area (Å²) in [4.78, 5) is 4.86. The fraction of sp³-hybridized carbons (Fsp3) is 0.292. The number of aromatic nitrogens is 1. The van der Waals surface area contributed by atoms with Gasteiger partial charge in [-0.05, 0) is 46.9 Å². The third-order valence-corrected chi connectivity index (χ3v) is 5.93. The van der Waals surface area contributed by atoms with E-state index in [4.69, 9.17) is 4.98 Å². The minimum atomic E-state index is 0.308. The number of nitrogens with zero attached hydrogens (tertiary/aromatic N) is 1. The second-order valence-electron chi connectivity index (χ2n) is 7.51. The molecule has 1 aromatic heterocycles. The largest absolute Gasteiger partial charge is 0.256 e. The predicted octanol–water partition coefficient (Wildman–Crippen LogP) is 6.28. The van der Waals surface area contributed by atoms with Crippen molar-refractivity contribution in [1.82, 2.24) is 4.98 Å². The van der Waals surface area contributed by atoms with E-state index in [0.29, 0.717) is 5.41 Å². The van der Waals surface area contributed by atoms with Crippen molar-refractivity contribution >= 4 is 0 Å². The first kappa shape index (κ1) is 16.1. The van der Waals surface area contributed by atoms with Crippen LogP contribution in [-0.2, 0) is 11.8 Å². The van der Waals surface area contributed by atoms with Crippen molar-refractivity contribution in [1.29, 1.82) is 0 Å². The first-order valence-corrected chi connectivity index (χ1v) is 9.27. The van der Waals surface area contributed by atoms with Crippen LogP contribution in [0.3, 0.4) is 0 Å². The Morgan fingerprint density at radius 3 is 2.36 bits per heavy atom. The Bertz CT molecular complexity index is 897. The van der Waals surface area contributed by atoms with Crippen LogP contribution in [0.15, 0.2) is 66.9 Å². The highest BCUT2D eigenvalue weighted by atomic mass is 14.7. The molecular weight excluding hydrogens is 302 g/mol. The molecule has 0 bridgehead atoms. The Labute approximate surface area is 150 Å². The van der Waals surface area contributed by atoms with E-state index in [9.17, 15) is 0 Å². The van der Waals surface area contributed by atoms with E-state index < -0.39 is 0 Å². The third-order valence-electron chi connectivity index (χ3n) is 5.93. The zero-order valence-electron chi connectivity index (χ0n) is 15.3. The number of pyridine rings is 1. The summed E-state index contributed by atoms with van der Waals surface area (Å²) in [5.41, 5.74) is 8.01. The molecule has 126 valence electrons. The first-order valence-electron chi connectivity index (χ1n) is 9.27. The molecule has 4 rings (SSSR count). The van der Waals surface area contributed by atoms with Gasteiger partial charge in [-0.1, -0.05) is 75.4 Å². The van der Waals surface area contributed by atoms with E-state index in [1.807, 2.05) is 0 Å². The molecule has 1 heteroatoms. The summed E-state index contributed by atoms with van der Waals surface area (Å²) >= 11 is 0.